The number of amides is 1. The number of methoxy groups -OCH3 is 1. The summed E-state index contributed by atoms with van der Waals surface area (Å²) in [6.07, 6.45) is 1.95. The number of ether oxygens (including phenoxy) is 2. The van der Waals surface area contributed by atoms with E-state index in [0.717, 1.165) is 5.56 Å². The van der Waals surface area contributed by atoms with E-state index in [-0.39, 0.29) is 0 Å². The van der Waals surface area contributed by atoms with E-state index in [2.05, 4.69) is 5.32 Å². The van der Waals surface area contributed by atoms with Crippen molar-refractivity contribution in [1.82, 2.24) is 0 Å². The van der Waals surface area contributed by atoms with Crippen molar-refractivity contribution in [3.63, 3.8) is 0 Å². The Morgan fingerprint density at radius 1 is 1.33 bits per heavy atom. The lowest BCUT2D eigenvalue weighted by Gasteiger charge is -2.14. The number of rotatable bonds is 6. The van der Waals surface area contributed by atoms with Crippen LogP contribution >= 0.6 is 22.9 Å². The third kappa shape index (κ3) is 5.11. The molecule has 0 aliphatic rings. The van der Waals surface area contributed by atoms with Crippen LogP contribution in [0.4, 0.5) is 5.69 Å². The number of carbonyl (C=O) groups is 2. The number of hydrogen-bond acceptors (Lipinski definition) is 5. The number of halogens is 1. The molecule has 0 fully saturated rings. The quantitative estimate of drug-likeness (QED) is 0.621. The van der Waals surface area contributed by atoms with Gasteiger partial charge < -0.3 is 14.8 Å². The molecule has 0 bridgehead atoms. The molecule has 0 unspecified atom stereocenters. The Kier molecular flexibility index (Phi) is 6.40. The molecule has 0 saturated heterocycles. The van der Waals surface area contributed by atoms with Gasteiger partial charge in [0.05, 0.1) is 12.8 Å². The van der Waals surface area contributed by atoms with Gasteiger partial charge in [-0.05, 0) is 53.6 Å². The van der Waals surface area contributed by atoms with Gasteiger partial charge in [0, 0.05) is 11.1 Å². The number of hydrogen-bond donors (Lipinski definition) is 1. The molecule has 1 aromatic carbocycles. The van der Waals surface area contributed by atoms with Gasteiger partial charge in [-0.15, -0.1) is 0 Å². The Morgan fingerprint density at radius 3 is 2.79 bits per heavy atom. The summed E-state index contributed by atoms with van der Waals surface area (Å²) >= 11 is 7.44. The Labute approximate surface area is 148 Å². The Bertz CT molecular complexity index is 743. The Hall–Kier alpha value is -2.31. The zero-order valence-corrected chi connectivity index (χ0v) is 14.7. The highest BCUT2D eigenvalue weighted by atomic mass is 35.5. The summed E-state index contributed by atoms with van der Waals surface area (Å²) in [4.78, 5) is 23.9. The van der Waals surface area contributed by atoms with Crippen LogP contribution in [-0.4, -0.2) is 25.1 Å². The fraction of sp³-hybridized carbons (Fsp3) is 0.176. The number of thiophene rings is 1. The average Bonchev–Trinajstić information content (AvgIpc) is 3.06. The molecule has 0 spiro atoms. The second-order valence-corrected chi connectivity index (χ2v) is 6.02. The Morgan fingerprint density at radius 2 is 2.12 bits per heavy atom. The van der Waals surface area contributed by atoms with Crippen molar-refractivity contribution in [3.05, 3.63) is 51.7 Å². The van der Waals surface area contributed by atoms with E-state index in [1.165, 1.54) is 31.4 Å². The van der Waals surface area contributed by atoms with E-state index in [9.17, 15) is 9.59 Å². The van der Waals surface area contributed by atoms with Crippen molar-refractivity contribution in [1.29, 1.82) is 0 Å². The van der Waals surface area contributed by atoms with Gasteiger partial charge in [-0.2, -0.15) is 11.3 Å². The molecule has 2 aromatic rings. The predicted octanol–water partition coefficient (Wildman–Crippen LogP) is 3.99. The molecule has 0 saturated carbocycles. The van der Waals surface area contributed by atoms with Crippen LogP contribution in [0, 0.1) is 0 Å². The second kappa shape index (κ2) is 8.52. The fourth-order valence-corrected chi connectivity index (χ4v) is 2.61. The molecule has 1 N–H and O–H groups in total. The van der Waals surface area contributed by atoms with Gasteiger partial charge in [0.25, 0.3) is 5.91 Å². The van der Waals surface area contributed by atoms with Crippen LogP contribution in [0.5, 0.6) is 5.75 Å². The lowest BCUT2D eigenvalue weighted by molar-refractivity contribution is -0.148. The summed E-state index contributed by atoms with van der Waals surface area (Å²) in [6.45, 7) is 1.49. The topological polar surface area (TPSA) is 64.6 Å². The van der Waals surface area contributed by atoms with Gasteiger partial charge in [-0.25, -0.2) is 4.79 Å². The SMILES string of the molecule is COc1ccc(Cl)cc1NC(=O)[C@@H](C)OC(=O)/C=C/c1ccsc1. The molecular formula is C17H16ClNO4S. The third-order valence-corrected chi connectivity index (χ3v) is 3.97. The molecule has 7 heteroatoms. The first-order valence-corrected chi connectivity index (χ1v) is 8.37. The summed E-state index contributed by atoms with van der Waals surface area (Å²) in [5.41, 5.74) is 1.31. The number of nitrogens with one attached hydrogen (secondary N) is 1. The molecular weight excluding hydrogens is 350 g/mol. The minimum atomic E-state index is -0.965. The lowest BCUT2D eigenvalue weighted by atomic mass is 10.2. The molecule has 0 radical (unpaired) electrons. The van der Waals surface area contributed by atoms with Gasteiger partial charge in [0.1, 0.15) is 5.75 Å². The summed E-state index contributed by atoms with van der Waals surface area (Å²) in [5.74, 6) is -0.613. The molecule has 5 nitrogen and oxygen atoms in total. The van der Waals surface area contributed by atoms with Crippen LogP contribution in [0.15, 0.2) is 41.1 Å². The standard InChI is InChI=1S/C17H16ClNO4S/c1-11(23-16(20)6-3-12-7-8-24-10-12)17(21)19-14-9-13(18)4-5-15(14)22-2/h3-11H,1-2H3,(H,19,21)/b6-3+/t11-/m1/s1. The van der Waals surface area contributed by atoms with Crippen LogP contribution < -0.4 is 10.1 Å². The number of esters is 1. The maximum Gasteiger partial charge on any atom is 0.331 e. The molecule has 24 heavy (non-hydrogen) atoms. The van der Waals surface area contributed by atoms with E-state index in [1.807, 2.05) is 16.8 Å². The molecule has 1 atom stereocenters. The first-order valence-electron chi connectivity index (χ1n) is 7.05. The van der Waals surface area contributed by atoms with E-state index in [4.69, 9.17) is 21.1 Å². The molecule has 2 rings (SSSR count). The van der Waals surface area contributed by atoms with Crippen LogP contribution in [0.3, 0.4) is 0 Å². The first kappa shape index (κ1) is 18.0. The minimum Gasteiger partial charge on any atom is -0.495 e. The molecule has 1 amide bonds. The van der Waals surface area contributed by atoms with Crippen molar-refractivity contribution in [2.24, 2.45) is 0 Å². The van der Waals surface area contributed by atoms with Crippen LogP contribution in [0.2, 0.25) is 5.02 Å². The smallest absolute Gasteiger partial charge is 0.331 e. The summed E-state index contributed by atoms with van der Waals surface area (Å²) in [6, 6.07) is 6.71. The maximum absolute atomic E-state index is 12.2. The van der Waals surface area contributed by atoms with Gasteiger partial charge in [-0.3, -0.25) is 4.79 Å². The maximum atomic E-state index is 12.2. The third-order valence-electron chi connectivity index (χ3n) is 3.04. The second-order valence-electron chi connectivity index (χ2n) is 4.80. The van der Waals surface area contributed by atoms with Crippen molar-refractivity contribution >= 4 is 46.6 Å². The van der Waals surface area contributed by atoms with Crippen LogP contribution in [-0.2, 0) is 14.3 Å². The lowest BCUT2D eigenvalue weighted by Crippen LogP contribution is -2.29. The van der Waals surface area contributed by atoms with Gasteiger partial charge >= 0.3 is 5.97 Å². The zero-order valence-electron chi connectivity index (χ0n) is 13.1. The number of carbonyl (C=O) groups excluding carboxylic acids is 2. The fourth-order valence-electron chi connectivity index (χ4n) is 1.81. The van der Waals surface area contributed by atoms with Crippen molar-refractivity contribution in [3.8, 4) is 5.75 Å². The number of anilines is 1. The molecule has 0 aliphatic heterocycles. The normalized spacial score (nSPS) is 12.0. The van der Waals surface area contributed by atoms with Gasteiger partial charge in [0.15, 0.2) is 6.10 Å². The highest BCUT2D eigenvalue weighted by Crippen LogP contribution is 2.27. The summed E-state index contributed by atoms with van der Waals surface area (Å²) < 4.78 is 10.2. The summed E-state index contributed by atoms with van der Waals surface area (Å²) in [7, 11) is 1.48. The molecule has 0 aliphatic carbocycles. The van der Waals surface area contributed by atoms with Crippen molar-refractivity contribution in [2.45, 2.75) is 13.0 Å². The van der Waals surface area contributed by atoms with E-state index in [0.29, 0.717) is 16.5 Å². The molecule has 1 heterocycles. The van der Waals surface area contributed by atoms with Crippen molar-refractivity contribution in [2.75, 3.05) is 12.4 Å². The van der Waals surface area contributed by atoms with E-state index < -0.39 is 18.0 Å². The number of benzene rings is 1. The highest BCUT2D eigenvalue weighted by molar-refractivity contribution is 7.08. The highest BCUT2D eigenvalue weighted by Gasteiger charge is 2.18. The van der Waals surface area contributed by atoms with Gasteiger partial charge in [0.2, 0.25) is 0 Å². The van der Waals surface area contributed by atoms with E-state index >= 15 is 0 Å². The van der Waals surface area contributed by atoms with Crippen LogP contribution in [0.25, 0.3) is 6.08 Å². The largest absolute Gasteiger partial charge is 0.495 e. The monoisotopic (exact) mass is 365 g/mol. The summed E-state index contributed by atoms with van der Waals surface area (Å²) in [5, 5.41) is 6.88. The Balaban J connectivity index is 1.94. The van der Waals surface area contributed by atoms with Crippen molar-refractivity contribution < 1.29 is 19.1 Å². The van der Waals surface area contributed by atoms with E-state index in [1.54, 1.807) is 24.3 Å². The zero-order chi connectivity index (χ0) is 17.5. The average molecular weight is 366 g/mol. The first-order chi connectivity index (χ1) is 11.5. The van der Waals surface area contributed by atoms with Crippen LogP contribution in [0.1, 0.15) is 12.5 Å². The predicted molar refractivity (Wildman–Crippen MR) is 95.5 cm³/mol. The minimum absolute atomic E-state index is 0.409. The molecule has 126 valence electrons. The molecule has 1 aromatic heterocycles. The van der Waals surface area contributed by atoms with Gasteiger partial charge in [-0.1, -0.05) is 11.6 Å².